The molecule has 2 atom stereocenters. The Kier molecular flexibility index (Phi) is 49.9. The number of phosphoric acid groups is 1. The van der Waals surface area contributed by atoms with Gasteiger partial charge in [-0.1, -0.05) is 199 Å². The normalized spacial score (nSPS) is 14.4. The first kappa shape index (κ1) is 62.6. The zero-order valence-corrected chi connectivity index (χ0v) is 42.5. The highest BCUT2D eigenvalue weighted by molar-refractivity contribution is 7.47. The molecule has 0 aromatic rings. The van der Waals surface area contributed by atoms with E-state index in [-0.39, 0.29) is 38.8 Å². The molecule has 0 rings (SSSR count). The Balaban J connectivity index is 4.08. The third-order valence-corrected chi connectivity index (χ3v) is 11.0. The van der Waals surface area contributed by atoms with Gasteiger partial charge in [0.2, 0.25) is 0 Å². The number of carbonyl (C=O) groups excluding carboxylic acids is 1. The van der Waals surface area contributed by atoms with Crippen LogP contribution in [-0.2, 0) is 27.9 Å². The molecule has 2 unspecified atom stereocenters. The number of nitrogens with two attached hydrogens (primary N) is 1. The Bertz CT molecular complexity index is 1470. The van der Waals surface area contributed by atoms with E-state index in [0.29, 0.717) is 6.61 Å². The van der Waals surface area contributed by atoms with Gasteiger partial charge in [-0.25, -0.2) is 4.57 Å². The molecule has 3 N–H and O–H groups in total. The van der Waals surface area contributed by atoms with Crippen LogP contribution in [0.25, 0.3) is 0 Å². The number of phosphoric ester groups is 1. The Hall–Kier alpha value is -3.36. The second-order valence-electron chi connectivity index (χ2n) is 16.3. The molecular formula is C57H94NO7P. The number of ether oxygens (including phenoxy) is 2. The van der Waals surface area contributed by atoms with E-state index in [0.717, 1.165) is 128 Å². The van der Waals surface area contributed by atoms with Gasteiger partial charge in [0.15, 0.2) is 0 Å². The average Bonchev–Trinajstić information content (AvgIpc) is 3.31. The van der Waals surface area contributed by atoms with Gasteiger partial charge in [-0.3, -0.25) is 13.8 Å². The Morgan fingerprint density at radius 1 is 0.455 bits per heavy atom. The summed E-state index contributed by atoms with van der Waals surface area (Å²) >= 11 is 0. The summed E-state index contributed by atoms with van der Waals surface area (Å²) in [5.41, 5.74) is 5.39. The van der Waals surface area contributed by atoms with Gasteiger partial charge in [0.1, 0.15) is 6.10 Å². The SMILES string of the molecule is CC/C=C\C/C=C\C/C=C\C/C=C\C/C=C\C/C=C\CCCCCCC(=O)OC(COCCCCCCCCCC/C=C\C/C=C\C/C=C\C/C=C\C/C=C\CC)COP(=O)(O)OCCN. The van der Waals surface area contributed by atoms with Crippen LogP contribution in [-0.4, -0.2) is 49.9 Å². The summed E-state index contributed by atoms with van der Waals surface area (Å²) in [7, 11) is -4.31. The van der Waals surface area contributed by atoms with E-state index < -0.39 is 13.9 Å². The highest BCUT2D eigenvalue weighted by atomic mass is 31.2. The van der Waals surface area contributed by atoms with Crippen LogP contribution in [0.15, 0.2) is 134 Å². The van der Waals surface area contributed by atoms with Crippen LogP contribution in [0, 0.1) is 0 Å². The van der Waals surface area contributed by atoms with Gasteiger partial charge < -0.3 is 20.1 Å². The van der Waals surface area contributed by atoms with Gasteiger partial charge in [0.25, 0.3) is 0 Å². The van der Waals surface area contributed by atoms with Crippen LogP contribution in [0.1, 0.15) is 181 Å². The first-order valence-electron chi connectivity index (χ1n) is 25.7. The van der Waals surface area contributed by atoms with Crippen molar-refractivity contribution >= 4 is 13.8 Å². The molecule has 0 aliphatic heterocycles. The van der Waals surface area contributed by atoms with Crippen molar-refractivity contribution in [2.45, 2.75) is 187 Å². The van der Waals surface area contributed by atoms with Crippen LogP contribution < -0.4 is 5.73 Å². The number of rotatable bonds is 47. The quantitative estimate of drug-likeness (QED) is 0.0268. The molecule has 66 heavy (non-hydrogen) atoms. The third-order valence-electron chi connectivity index (χ3n) is 10.1. The molecule has 0 radical (unpaired) electrons. The largest absolute Gasteiger partial charge is 0.472 e. The predicted octanol–water partition coefficient (Wildman–Crippen LogP) is 16.3. The number of esters is 1. The van der Waals surface area contributed by atoms with Crippen LogP contribution in [0.3, 0.4) is 0 Å². The maximum atomic E-state index is 12.7. The molecule has 0 bridgehead atoms. The lowest BCUT2D eigenvalue weighted by atomic mass is 10.1. The highest BCUT2D eigenvalue weighted by Crippen LogP contribution is 2.43. The second-order valence-corrected chi connectivity index (χ2v) is 17.7. The smallest absolute Gasteiger partial charge is 0.457 e. The maximum absolute atomic E-state index is 12.7. The topological polar surface area (TPSA) is 117 Å². The lowest BCUT2D eigenvalue weighted by molar-refractivity contribution is -0.154. The summed E-state index contributed by atoms with van der Waals surface area (Å²) in [4.78, 5) is 22.6. The zero-order chi connectivity index (χ0) is 48.0. The minimum atomic E-state index is -4.31. The fraction of sp³-hybridized carbons (Fsp3) is 0.596. The van der Waals surface area contributed by atoms with Crippen molar-refractivity contribution in [3.8, 4) is 0 Å². The van der Waals surface area contributed by atoms with Crippen LogP contribution in [0.5, 0.6) is 0 Å². The summed E-state index contributed by atoms with van der Waals surface area (Å²) in [6.45, 7) is 4.61. The lowest BCUT2D eigenvalue weighted by Gasteiger charge is -2.20. The molecule has 0 aliphatic rings. The molecule has 0 fully saturated rings. The Morgan fingerprint density at radius 3 is 1.20 bits per heavy atom. The fourth-order valence-corrected chi connectivity index (χ4v) is 7.14. The maximum Gasteiger partial charge on any atom is 0.472 e. The molecule has 0 aromatic carbocycles. The van der Waals surface area contributed by atoms with Crippen molar-refractivity contribution in [3.63, 3.8) is 0 Å². The lowest BCUT2D eigenvalue weighted by Crippen LogP contribution is -2.28. The van der Waals surface area contributed by atoms with Crippen molar-refractivity contribution < 1.29 is 32.8 Å². The number of hydrogen-bond donors (Lipinski definition) is 2. The van der Waals surface area contributed by atoms with E-state index in [1.807, 2.05) is 0 Å². The van der Waals surface area contributed by atoms with E-state index >= 15 is 0 Å². The van der Waals surface area contributed by atoms with E-state index in [4.69, 9.17) is 24.3 Å². The van der Waals surface area contributed by atoms with Crippen LogP contribution in [0.2, 0.25) is 0 Å². The van der Waals surface area contributed by atoms with Gasteiger partial charge in [0.05, 0.1) is 19.8 Å². The minimum Gasteiger partial charge on any atom is -0.457 e. The Labute approximate surface area is 404 Å². The van der Waals surface area contributed by atoms with Crippen molar-refractivity contribution in [3.05, 3.63) is 134 Å². The second kappa shape index (κ2) is 52.6. The average molecular weight is 936 g/mol. The molecule has 0 aromatic heterocycles. The van der Waals surface area contributed by atoms with E-state index in [1.165, 1.54) is 32.1 Å². The fourth-order valence-electron chi connectivity index (χ4n) is 6.38. The van der Waals surface area contributed by atoms with E-state index in [1.54, 1.807) is 0 Å². The summed E-state index contributed by atoms with van der Waals surface area (Å²) in [5, 5.41) is 0. The molecule has 0 saturated carbocycles. The first-order chi connectivity index (χ1) is 32.4. The minimum absolute atomic E-state index is 0.0859. The van der Waals surface area contributed by atoms with Gasteiger partial charge >= 0.3 is 13.8 Å². The summed E-state index contributed by atoms with van der Waals surface area (Å²) in [6, 6.07) is 0. The molecule has 0 heterocycles. The molecular weight excluding hydrogens is 842 g/mol. The molecule has 0 saturated heterocycles. The van der Waals surface area contributed by atoms with Crippen molar-refractivity contribution in [1.82, 2.24) is 0 Å². The molecule has 9 heteroatoms. The molecule has 0 amide bonds. The van der Waals surface area contributed by atoms with Gasteiger partial charge in [0, 0.05) is 19.6 Å². The summed E-state index contributed by atoms with van der Waals surface area (Å²) in [6.07, 6.45) is 74.8. The van der Waals surface area contributed by atoms with Crippen LogP contribution >= 0.6 is 7.82 Å². The number of carbonyl (C=O) groups is 1. The molecule has 0 spiro atoms. The Morgan fingerprint density at radius 2 is 0.803 bits per heavy atom. The predicted molar refractivity (Wildman–Crippen MR) is 283 cm³/mol. The van der Waals surface area contributed by atoms with Gasteiger partial charge in [-0.2, -0.15) is 0 Å². The molecule has 374 valence electrons. The van der Waals surface area contributed by atoms with Crippen molar-refractivity contribution in [2.75, 3.05) is 33.0 Å². The third kappa shape index (κ3) is 51.6. The summed E-state index contributed by atoms with van der Waals surface area (Å²) in [5.74, 6) is -0.363. The first-order valence-corrected chi connectivity index (χ1v) is 27.2. The van der Waals surface area contributed by atoms with Gasteiger partial charge in [-0.05, 0) is 109 Å². The molecule has 0 aliphatic carbocycles. The van der Waals surface area contributed by atoms with E-state index in [9.17, 15) is 14.3 Å². The zero-order valence-electron chi connectivity index (χ0n) is 41.6. The van der Waals surface area contributed by atoms with E-state index in [2.05, 4.69) is 148 Å². The highest BCUT2D eigenvalue weighted by Gasteiger charge is 2.25. The monoisotopic (exact) mass is 936 g/mol. The number of allylic oxidation sites excluding steroid dienone is 22. The number of unbranched alkanes of at least 4 members (excludes halogenated alkanes) is 12. The molecule has 8 nitrogen and oxygen atoms in total. The standard InChI is InChI=1S/C57H94NO7P/c1-3-5-7-9-11-13-15-17-19-21-23-25-27-29-31-33-35-37-39-41-43-45-47-49-52-62-54-56(55-64-66(60,61)63-53-51-58)65-57(59)50-48-46-44-42-40-38-36-34-32-30-28-26-24-22-20-18-16-14-12-10-8-6-4-2/h5-8,11-14,17-20,23-26,29-32,36,38,56H,3-4,9-10,15-16,21-22,27-28,33-35,37,39-55,58H2,1-2H3,(H,60,61)/b7-5-,8-6-,13-11-,14-12-,19-17-,20-18-,25-23-,26-24-,31-29-,32-30-,38-36-. The van der Waals surface area contributed by atoms with Crippen molar-refractivity contribution in [2.24, 2.45) is 5.73 Å². The van der Waals surface area contributed by atoms with Crippen molar-refractivity contribution in [1.29, 1.82) is 0 Å². The van der Waals surface area contributed by atoms with Gasteiger partial charge in [-0.15, -0.1) is 0 Å². The van der Waals surface area contributed by atoms with Crippen LogP contribution in [0.4, 0.5) is 0 Å². The number of hydrogen-bond acceptors (Lipinski definition) is 7. The summed E-state index contributed by atoms with van der Waals surface area (Å²) < 4.78 is 33.6.